The summed E-state index contributed by atoms with van der Waals surface area (Å²) in [5.74, 6) is 3.82. The summed E-state index contributed by atoms with van der Waals surface area (Å²) < 4.78 is 5.22. The number of benzene rings is 18. The van der Waals surface area contributed by atoms with E-state index < -0.39 is 10.8 Å². The van der Waals surface area contributed by atoms with Gasteiger partial charge in [-0.3, -0.25) is 0 Å². The lowest BCUT2D eigenvalue weighted by Gasteiger charge is -2.35. The molecule has 8 heteroatoms. The van der Waals surface area contributed by atoms with Crippen molar-refractivity contribution in [3.8, 4) is 157 Å². The standard InChI is InChI=1S/2C58H35N3S/c1-3-16-36(17-4-1)38-20-15-21-39(34-38)56-59-55(37-18-5-2-6-19-37)60-57(61-56)40-30-31-44-42-23-8-7-22-41(42)43-24-9-12-27-47(43)58(50(44)35-40)48-28-13-10-25-45(48)53-49(58)32-33-52-54(53)46-26-11-14-29-51(46)62-52;1-3-15-36(16-4-1)37-27-29-39(30-28-37)56-59-55(38-17-5-2-6-18-38)60-57(61-56)40-31-32-44-42-20-8-7-19-41(42)43-21-9-12-24-47(43)58(50(44)35-40)48-25-13-10-22-45(48)53-49(58)33-34-52-54(53)46-23-11-14-26-51(46)62-52/h2*1-35H. The Bertz CT molecular complexity index is 8120. The topological polar surface area (TPSA) is 77.3 Å². The Kier molecular flexibility index (Phi) is 16.4. The fourth-order valence-electron chi connectivity index (χ4n) is 20.7. The minimum atomic E-state index is -0.660. The van der Waals surface area contributed by atoms with Crippen LogP contribution in [0.15, 0.2) is 425 Å². The Hall–Kier alpha value is -15.6. The molecule has 2 spiro atoms. The molecule has 4 heterocycles. The number of aromatic nitrogens is 6. The van der Waals surface area contributed by atoms with Crippen molar-refractivity contribution in [2.75, 3.05) is 0 Å². The van der Waals surface area contributed by atoms with Crippen LogP contribution in [-0.4, -0.2) is 29.9 Å². The Morgan fingerprint density at radius 2 is 0.419 bits per heavy atom. The summed E-state index contributed by atoms with van der Waals surface area (Å²) in [5.41, 5.74) is 34.0. The summed E-state index contributed by atoms with van der Waals surface area (Å²) in [6.45, 7) is 0. The van der Waals surface area contributed by atoms with Gasteiger partial charge < -0.3 is 0 Å². The molecule has 2 atom stereocenters. The molecule has 0 aliphatic heterocycles. The van der Waals surface area contributed by atoms with Crippen molar-refractivity contribution in [3.63, 3.8) is 0 Å². The first kappa shape index (κ1) is 71.3. The van der Waals surface area contributed by atoms with Crippen LogP contribution in [-0.2, 0) is 10.8 Å². The van der Waals surface area contributed by atoms with E-state index in [0.717, 1.165) is 50.1 Å². The van der Waals surface area contributed by atoms with Crippen LogP contribution in [0.5, 0.6) is 0 Å². The van der Waals surface area contributed by atoms with E-state index in [1.54, 1.807) is 0 Å². The molecule has 2 unspecified atom stereocenters. The third-order valence-corrected chi connectivity index (χ3v) is 28.2. The number of nitrogens with zero attached hydrogens (tertiary/aromatic N) is 6. The monoisotopic (exact) mass is 1610 g/mol. The van der Waals surface area contributed by atoms with Gasteiger partial charge >= 0.3 is 0 Å². The molecule has 0 bridgehead atoms. The molecule has 0 radical (unpaired) electrons. The lowest BCUT2D eigenvalue weighted by atomic mass is 9.65. The summed E-state index contributed by atoms with van der Waals surface area (Å²) in [7, 11) is 0. The fraction of sp³-hybridized carbons (Fsp3) is 0.0172. The zero-order valence-electron chi connectivity index (χ0n) is 66.9. The molecule has 26 rings (SSSR count). The SMILES string of the molecule is c1ccc(-c2ccc(-c3nc(-c4ccccc4)nc(-c4ccc5c(c4)C4(c6ccccc6-c6ccccc6-5)c5ccccc5-c5c4ccc4sc6ccccc6c54)n3)cc2)cc1.c1ccc(-c2cccc(-c3nc(-c4ccccc4)nc(-c4ccc5c(c4)C4(c6ccccc6-c6ccccc6-5)c5ccccc5-c5c4ccc4sc6ccccc6c54)n3)c2)cc1. The van der Waals surface area contributed by atoms with E-state index in [2.05, 4.69) is 376 Å². The summed E-state index contributed by atoms with van der Waals surface area (Å²) in [6.07, 6.45) is 0. The van der Waals surface area contributed by atoms with E-state index in [4.69, 9.17) is 29.9 Å². The molecule has 0 fully saturated rings. The molecule has 4 aromatic heterocycles. The Morgan fingerprint density at radius 1 is 0.153 bits per heavy atom. The van der Waals surface area contributed by atoms with Gasteiger partial charge in [0.15, 0.2) is 34.9 Å². The number of fused-ring (bicyclic) bond motifs is 32. The average Bonchev–Trinajstić information content (AvgIpc) is 1.51. The lowest BCUT2D eigenvalue weighted by Crippen LogP contribution is -2.29. The molecule has 22 aromatic rings. The van der Waals surface area contributed by atoms with Gasteiger partial charge in [-0.1, -0.05) is 382 Å². The molecule has 4 aliphatic carbocycles. The number of hydrogen-bond donors (Lipinski definition) is 0. The highest BCUT2D eigenvalue weighted by molar-refractivity contribution is 7.26. The van der Waals surface area contributed by atoms with Gasteiger partial charge in [0, 0.05) is 73.7 Å². The normalized spacial score (nSPS) is 14.5. The third-order valence-electron chi connectivity index (χ3n) is 25.9. The molecule has 576 valence electrons. The van der Waals surface area contributed by atoms with E-state index in [9.17, 15) is 0 Å². The molecule has 18 aromatic carbocycles. The van der Waals surface area contributed by atoms with Crippen molar-refractivity contribution in [1.29, 1.82) is 0 Å². The van der Waals surface area contributed by atoms with Gasteiger partial charge in [0.2, 0.25) is 0 Å². The number of rotatable bonds is 8. The first-order chi connectivity index (χ1) is 61.5. The summed E-state index contributed by atoms with van der Waals surface area (Å²) in [4.78, 5) is 31.5. The molecule has 4 aliphatic rings. The summed E-state index contributed by atoms with van der Waals surface area (Å²) in [6, 6.07) is 154. The molecular weight excluding hydrogens is 1540 g/mol. The molecule has 0 saturated heterocycles. The van der Waals surface area contributed by atoms with Crippen LogP contribution in [0.25, 0.3) is 198 Å². The smallest absolute Gasteiger partial charge is 0.164 e. The predicted octanol–water partition coefficient (Wildman–Crippen LogP) is 29.8. The molecule has 124 heavy (non-hydrogen) atoms. The third kappa shape index (κ3) is 11.0. The second-order valence-electron chi connectivity index (χ2n) is 32.4. The van der Waals surface area contributed by atoms with Crippen LogP contribution in [0.2, 0.25) is 0 Å². The zero-order chi connectivity index (χ0) is 81.6. The predicted molar refractivity (Wildman–Crippen MR) is 512 cm³/mol. The number of thiophene rings is 2. The van der Waals surface area contributed by atoms with Gasteiger partial charge in [0.25, 0.3) is 0 Å². The van der Waals surface area contributed by atoms with Crippen LogP contribution in [0, 0.1) is 0 Å². The van der Waals surface area contributed by atoms with E-state index in [0.29, 0.717) is 34.9 Å². The van der Waals surface area contributed by atoms with Crippen LogP contribution in [0.1, 0.15) is 44.5 Å². The molecule has 0 amide bonds. The van der Waals surface area contributed by atoms with E-state index in [1.165, 1.54) is 157 Å². The maximum atomic E-state index is 5.35. The van der Waals surface area contributed by atoms with Crippen molar-refractivity contribution >= 4 is 63.0 Å². The molecule has 6 nitrogen and oxygen atoms in total. The maximum absolute atomic E-state index is 5.35. The largest absolute Gasteiger partial charge is 0.208 e. The van der Waals surface area contributed by atoms with Crippen molar-refractivity contribution in [1.82, 2.24) is 29.9 Å². The highest BCUT2D eigenvalue weighted by Gasteiger charge is 2.53. The Morgan fingerprint density at radius 3 is 0.831 bits per heavy atom. The highest BCUT2D eigenvalue weighted by atomic mass is 32.1. The molecule has 0 N–H and O–H groups in total. The maximum Gasteiger partial charge on any atom is 0.164 e. The zero-order valence-corrected chi connectivity index (χ0v) is 68.5. The Balaban J connectivity index is 0.000000136. The van der Waals surface area contributed by atoms with Crippen LogP contribution in [0.3, 0.4) is 0 Å². The summed E-state index contributed by atoms with van der Waals surface area (Å²) >= 11 is 3.76. The lowest BCUT2D eigenvalue weighted by molar-refractivity contribution is 0.776. The first-order valence-electron chi connectivity index (χ1n) is 42.2. The van der Waals surface area contributed by atoms with Crippen LogP contribution in [0.4, 0.5) is 0 Å². The van der Waals surface area contributed by atoms with Gasteiger partial charge in [-0.15, -0.1) is 22.7 Å². The van der Waals surface area contributed by atoms with E-state index >= 15 is 0 Å². The second kappa shape index (κ2) is 28.6. The molecular formula is C116H70N6S2. The van der Waals surface area contributed by atoms with Crippen LogP contribution >= 0.6 is 22.7 Å². The van der Waals surface area contributed by atoms with Gasteiger partial charge in [-0.25, -0.2) is 29.9 Å². The van der Waals surface area contributed by atoms with Crippen molar-refractivity contribution < 1.29 is 0 Å². The minimum absolute atomic E-state index is 0.633. The Labute approximate surface area is 724 Å². The highest BCUT2D eigenvalue weighted by Crippen LogP contribution is 2.66. The number of hydrogen-bond acceptors (Lipinski definition) is 8. The van der Waals surface area contributed by atoms with Gasteiger partial charge in [0.05, 0.1) is 10.8 Å². The van der Waals surface area contributed by atoms with E-state index in [1.807, 2.05) is 71.2 Å². The van der Waals surface area contributed by atoms with Crippen molar-refractivity contribution in [2.24, 2.45) is 0 Å². The van der Waals surface area contributed by atoms with Crippen molar-refractivity contribution in [3.05, 3.63) is 469 Å². The van der Waals surface area contributed by atoms with Crippen LogP contribution < -0.4 is 0 Å². The van der Waals surface area contributed by atoms with E-state index in [-0.39, 0.29) is 0 Å². The minimum Gasteiger partial charge on any atom is -0.208 e. The quantitative estimate of drug-likeness (QED) is 0.151. The van der Waals surface area contributed by atoms with Gasteiger partial charge in [0.1, 0.15) is 0 Å². The van der Waals surface area contributed by atoms with Gasteiger partial charge in [-0.05, 0) is 176 Å². The average molecular weight is 1610 g/mol. The fourth-order valence-corrected chi connectivity index (χ4v) is 22.9. The second-order valence-corrected chi connectivity index (χ2v) is 34.6. The molecule has 0 saturated carbocycles. The first-order valence-corrected chi connectivity index (χ1v) is 43.8. The van der Waals surface area contributed by atoms with Crippen molar-refractivity contribution in [2.45, 2.75) is 10.8 Å². The van der Waals surface area contributed by atoms with Gasteiger partial charge in [-0.2, -0.15) is 0 Å². The summed E-state index contributed by atoms with van der Waals surface area (Å²) in [5, 5.41) is 5.27.